The fraction of sp³-hybridized carbons (Fsp3) is 0.481. The summed E-state index contributed by atoms with van der Waals surface area (Å²) < 4.78 is 0. The number of anilines is 2. The van der Waals surface area contributed by atoms with Gasteiger partial charge in [0.25, 0.3) is 0 Å². The van der Waals surface area contributed by atoms with Gasteiger partial charge in [-0.1, -0.05) is 24.6 Å². The topological polar surface area (TPSA) is 64.7 Å². The van der Waals surface area contributed by atoms with Crippen molar-refractivity contribution in [1.82, 2.24) is 10.2 Å². The highest BCUT2D eigenvalue weighted by atomic mass is 16.2. The number of benzene rings is 2. The SMILES string of the molecule is Cc1ccc(NC(=O)C(=O)NC[C@H](c2ccc3c(c2)CCCN3C)N2CCCCC2)cc1C. The quantitative estimate of drug-likeness (QED) is 0.680. The summed E-state index contributed by atoms with van der Waals surface area (Å²) in [5.74, 6) is -1.21. The van der Waals surface area contributed by atoms with E-state index in [1.54, 1.807) is 0 Å². The molecule has 2 aliphatic rings. The number of aryl methyl sites for hydroxylation is 3. The molecular formula is C27H36N4O2. The number of hydrogen-bond donors (Lipinski definition) is 2. The molecule has 0 saturated carbocycles. The van der Waals surface area contributed by atoms with E-state index in [1.165, 1.54) is 36.1 Å². The van der Waals surface area contributed by atoms with Crippen LogP contribution in [0.25, 0.3) is 0 Å². The number of rotatable bonds is 5. The third-order valence-electron chi connectivity index (χ3n) is 7.10. The van der Waals surface area contributed by atoms with Crippen LogP contribution in [-0.2, 0) is 16.0 Å². The second-order valence-electron chi connectivity index (χ2n) is 9.49. The van der Waals surface area contributed by atoms with Crippen LogP contribution < -0.4 is 15.5 Å². The lowest BCUT2D eigenvalue weighted by Crippen LogP contribution is -2.43. The van der Waals surface area contributed by atoms with Gasteiger partial charge in [0.15, 0.2) is 0 Å². The second kappa shape index (κ2) is 10.4. The van der Waals surface area contributed by atoms with E-state index >= 15 is 0 Å². The van der Waals surface area contributed by atoms with Crippen molar-refractivity contribution in [3.63, 3.8) is 0 Å². The van der Waals surface area contributed by atoms with Crippen LogP contribution in [0, 0.1) is 13.8 Å². The molecule has 0 radical (unpaired) electrons. The molecule has 1 saturated heterocycles. The maximum Gasteiger partial charge on any atom is 0.313 e. The van der Waals surface area contributed by atoms with E-state index in [-0.39, 0.29) is 6.04 Å². The van der Waals surface area contributed by atoms with Crippen LogP contribution in [0.1, 0.15) is 54.0 Å². The van der Waals surface area contributed by atoms with Crippen molar-refractivity contribution in [1.29, 1.82) is 0 Å². The molecule has 2 aliphatic heterocycles. The molecule has 1 fully saturated rings. The smallest absolute Gasteiger partial charge is 0.313 e. The Balaban J connectivity index is 1.46. The molecule has 2 N–H and O–H groups in total. The third kappa shape index (κ3) is 5.56. The van der Waals surface area contributed by atoms with Crippen LogP contribution >= 0.6 is 0 Å². The maximum absolute atomic E-state index is 12.6. The minimum Gasteiger partial charge on any atom is -0.374 e. The molecule has 33 heavy (non-hydrogen) atoms. The minimum atomic E-state index is -0.622. The summed E-state index contributed by atoms with van der Waals surface area (Å²) in [6.07, 6.45) is 5.85. The van der Waals surface area contributed by atoms with Crippen LogP contribution in [0.4, 0.5) is 11.4 Å². The van der Waals surface area contributed by atoms with E-state index in [4.69, 9.17) is 0 Å². The zero-order valence-corrected chi connectivity index (χ0v) is 20.1. The lowest BCUT2D eigenvalue weighted by molar-refractivity contribution is -0.136. The first-order valence-corrected chi connectivity index (χ1v) is 12.2. The minimum absolute atomic E-state index is 0.0706. The molecule has 4 rings (SSSR count). The number of fused-ring (bicyclic) bond motifs is 1. The molecule has 2 aromatic rings. The second-order valence-corrected chi connectivity index (χ2v) is 9.49. The van der Waals surface area contributed by atoms with Gasteiger partial charge in [-0.25, -0.2) is 0 Å². The van der Waals surface area contributed by atoms with Gasteiger partial charge in [0.05, 0.1) is 6.04 Å². The number of hydrogen-bond acceptors (Lipinski definition) is 4. The Hall–Kier alpha value is -2.86. The number of piperidine rings is 1. The van der Waals surface area contributed by atoms with Crippen LogP contribution in [0.15, 0.2) is 36.4 Å². The molecule has 6 heteroatoms. The summed E-state index contributed by atoms with van der Waals surface area (Å²) in [6, 6.07) is 12.5. The third-order valence-corrected chi connectivity index (χ3v) is 7.10. The molecule has 2 aromatic carbocycles. The van der Waals surface area contributed by atoms with Crippen LogP contribution in [-0.4, -0.2) is 49.9 Å². The lowest BCUT2D eigenvalue weighted by atomic mass is 9.95. The van der Waals surface area contributed by atoms with Crippen LogP contribution in [0.2, 0.25) is 0 Å². The Labute approximate surface area is 197 Å². The summed E-state index contributed by atoms with van der Waals surface area (Å²) >= 11 is 0. The number of carbonyl (C=O) groups excluding carboxylic acids is 2. The number of amides is 2. The van der Waals surface area contributed by atoms with Crippen LogP contribution in [0.5, 0.6) is 0 Å². The lowest BCUT2D eigenvalue weighted by Gasteiger charge is -2.36. The number of carbonyl (C=O) groups is 2. The van der Waals surface area contributed by atoms with Crippen molar-refractivity contribution < 1.29 is 9.59 Å². The van der Waals surface area contributed by atoms with Gasteiger partial charge in [-0.3, -0.25) is 14.5 Å². The molecular weight excluding hydrogens is 412 g/mol. The number of nitrogens with one attached hydrogen (secondary N) is 2. The zero-order chi connectivity index (χ0) is 23.4. The predicted molar refractivity (Wildman–Crippen MR) is 134 cm³/mol. The van der Waals surface area contributed by atoms with Crippen molar-refractivity contribution in [2.75, 3.05) is 43.4 Å². The monoisotopic (exact) mass is 448 g/mol. The molecule has 1 atom stereocenters. The van der Waals surface area contributed by atoms with E-state index in [2.05, 4.69) is 45.7 Å². The van der Waals surface area contributed by atoms with E-state index in [0.717, 1.165) is 43.6 Å². The van der Waals surface area contributed by atoms with Gasteiger partial charge >= 0.3 is 11.8 Å². The molecule has 2 heterocycles. The molecule has 176 valence electrons. The average molecular weight is 449 g/mol. The van der Waals surface area contributed by atoms with Gasteiger partial charge in [0.1, 0.15) is 0 Å². The first-order chi connectivity index (χ1) is 15.9. The van der Waals surface area contributed by atoms with Gasteiger partial charge in [0.2, 0.25) is 0 Å². The first kappa shape index (κ1) is 23.3. The van der Waals surface area contributed by atoms with Gasteiger partial charge < -0.3 is 15.5 Å². The van der Waals surface area contributed by atoms with Crippen molar-refractivity contribution in [2.24, 2.45) is 0 Å². The van der Waals surface area contributed by atoms with Crippen molar-refractivity contribution in [3.05, 3.63) is 58.7 Å². The maximum atomic E-state index is 12.6. The fourth-order valence-electron chi connectivity index (χ4n) is 4.98. The van der Waals surface area contributed by atoms with Crippen molar-refractivity contribution >= 4 is 23.2 Å². The van der Waals surface area contributed by atoms with Gasteiger partial charge in [-0.2, -0.15) is 0 Å². The first-order valence-electron chi connectivity index (χ1n) is 12.2. The van der Waals surface area contributed by atoms with Crippen LogP contribution in [0.3, 0.4) is 0 Å². The Bertz CT molecular complexity index is 1010. The molecule has 0 spiro atoms. The highest BCUT2D eigenvalue weighted by molar-refractivity contribution is 6.39. The van der Waals surface area contributed by atoms with Crippen molar-refractivity contribution in [3.8, 4) is 0 Å². The Kier molecular flexibility index (Phi) is 7.33. The highest BCUT2D eigenvalue weighted by Crippen LogP contribution is 2.31. The molecule has 0 aliphatic carbocycles. The number of nitrogens with zero attached hydrogens (tertiary/aromatic N) is 2. The van der Waals surface area contributed by atoms with E-state index in [1.807, 2.05) is 32.0 Å². The highest BCUT2D eigenvalue weighted by Gasteiger charge is 2.26. The molecule has 2 amide bonds. The molecule has 6 nitrogen and oxygen atoms in total. The summed E-state index contributed by atoms with van der Waals surface area (Å²) in [5.41, 5.74) is 6.78. The Morgan fingerprint density at radius 1 is 0.909 bits per heavy atom. The summed E-state index contributed by atoms with van der Waals surface area (Å²) in [6.45, 7) is 7.57. The molecule has 0 aromatic heterocycles. The fourth-order valence-corrected chi connectivity index (χ4v) is 4.98. The zero-order valence-electron chi connectivity index (χ0n) is 20.1. The Morgan fingerprint density at radius 2 is 1.70 bits per heavy atom. The summed E-state index contributed by atoms with van der Waals surface area (Å²) in [5, 5.41) is 5.64. The van der Waals surface area contributed by atoms with Gasteiger partial charge in [-0.05, 0) is 93.1 Å². The summed E-state index contributed by atoms with van der Waals surface area (Å²) in [7, 11) is 2.15. The van der Waals surface area contributed by atoms with Gasteiger partial charge in [-0.15, -0.1) is 0 Å². The Morgan fingerprint density at radius 3 is 2.45 bits per heavy atom. The molecule has 0 unspecified atom stereocenters. The molecule has 0 bridgehead atoms. The van der Waals surface area contributed by atoms with E-state index in [0.29, 0.717) is 12.2 Å². The van der Waals surface area contributed by atoms with Crippen molar-refractivity contribution in [2.45, 2.75) is 52.0 Å². The average Bonchev–Trinajstić information content (AvgIpc) is 2.82. The normalized spacial score (nSPS) is 17.2. The summed E-state index contributed by atoms with van der Waals surface area (Å²) in [4.78, 5) is 29.9. The number of likely N-dealkylation sites (tertiary alicyclic amines) is 1. The standard InChI is InChI=1S/C27H36N4O2/c1-19-9-11-23(16-20(19)2)29-27(33)26(32)28-18-25(31-14-5-4-6-15-31)22-10-12-24-21(17-22)8-7-13-30(24)3/h9-12,16-17,25H,4-8,13-15,18H2,1-3H3,(H,28,32)(H,29,33)/t25-/m1/s1. The predicted octanol–water partition coefficient (Wildman–Crippen LogP) is 3.97. The van der Waals surface area contributed by atoms with E-state index in [9.17, 15) is 9.59 Å². The van der Waals surface area contributed by atoms with Gasteiger partial charge in [0, 0.05) is 31.5 Å². The largest absolute Gasteiger partial charge is 0.374 e. The van der Waals surface area contributed by atoms with E-state index < -0.39 is 11.8 Å².